The van der Waals surface area contributed by atoms with E-state index in [-0.39, 0.29) is 10.8 Å². The summed E-state index contributed by atoms with van der Waals surface area (Å²) in [7, 11) is 1.74. The van der Waals surface area contributed by atoms with Crippen molar-refractivity contribution in [2.75, 3.05) is 13.7 Å². The summed E-state index contributed by atoms with van der Waals surface area (Å²) >= 11 is 0. The quantitative estimate of drug-likeness (QED) is 0.891. The lowest BCUT2D eigenvalue weighted by Crippen LogP contribution is -2.50. The first-order valence-corrected chi connectivity index (χ1v) is 7.82. The monoisotopic (exact) mass is 274 g/mol. The Bertz CT molecular complexity index is 510. The van der Waals surface area contributed by atoms with Gasteiger partial charge in [-0.3, -0.25) is 0 Å². The first kappa shape index (κ1) is 13.9. The molecule has 3 rings (SSSR count). The van der Waals surface area contributed by atoms with Crippen LogP contribution in [-0.4, -0.2) is 18.8 Å². The lowest BCUT2D eigenvalue weighted by molar-refractivity contribution is -0.0179. The Morgan fingerprint density at radius 2 is 2.10 bits per heavy atom. The third-order valence-corrected chi connectivity index (χ3v) is 6.05. The van der Waals surface area contributed by atoms with E-state index in [9.17, 15) is 5.11 Å². The zero-order valence-electron chi connectivity index (χ0n) is 12.9. The summed E-state index contributed by atoms with van der Waals surface area (Å²) in [6, 6.07) is 6.56. The summed E-state index contributed by atoms with van der Waals surface area (Å²) in [6.45, 7) is 5.00. The van der Waals surface area contributed by atoms with Gasteiger partial charge in [0.15, 0.2) is 0 Å². The molecule has 1 fully saturated rings. The molecule has 2 nitrogen and oxygen atoms in total. The van der Waals surface area contributed by atoms with Crippen LogP contribution in [0.3, 0.4) is 0 Å². The number of aliphatic hydroxyl groups is 1. The molecule has 0 aromatic heterocycles. The lowest BCUT2D eigenvalue weighted by Gasteiger charge is -2.55. The Morgan fingerprint density at radius 1 is 1.30 bits per heavy atom. The summed E-state index contributed by atoms with van der Waals surface area (Å²) in [6.07, 6.45) is 5.93. The van der Waals surface area contributed by atoms with Crippen LogP contribution < -0.4 is 4.74 Å². The molecule has 1 saturated carbocycles. The highest BCUT2D eigenvalue weighted by Crippen LogP contribution is 2.57. The molecule has 0 spiro atoms. The van der Waals surface area contributed by atoms with Crippen LogP contribution in [0, 0.1) is 11.3 Å². The van der Waals surface area contributed by atoms with E-state index in [1.165, 1.54) is 30.4 Å². The van der Waals surface area contributed by atoms with E-state index >= 15 is 0 Å². The van der Waals surface area contributed by atoms with E-state index in [0.717, 1.165) is 18.6 Å². The molecule has 3 atom stereocenters. The Kier molecular flexibility index (Phi) is 3.32. The summed E-state index contributed by atoms with van der Waals surface area (Å²) < 4.78 is 5.43. The largest absolute Gasteiger partial charge is 0.497 e. The number of benzene rings is 1. The molecular weight excluding hydrogens is 248 g/mol. The minimum Gasteiger partial charge on any atom is -0.497 e. The maximum Gasteiger partial charge on any atom is 0.119 e. The highest BCUT2D eigenvalue weighted by molar-refractivity contribution is 5.43. The normalized spacial score (nSPS) is 36.1. The average Bonchev–Trinajstić information content (AvgIpc) is 2.46. The van der Waals surface area contributed by atoms with Crippen LogP contribution in [-0.2, 0) is 11.8 Å². The summed E-state index contributed by atoms with van der Waals surface area (Å²) in [5.74, 6) is 1.54. The summed E-state index contributed by atoms with van der Waals surface area (Å²) in [5, 5.41) is 9.93. The standard InChI is InChI=1S/C18H26O2/c1-17(12-19)9-4-10-18(2)15-11-14(20-3)7-5-13(15)6-8-16(17)18/h5,7,11,16,19H,4,6,8-10,12H2,1-3H3/t16-,17-,18-/m0/s1. The smallest absolute Gasteiger partial charge is 0.119 e. The Labute approximate surface area is 122 Å². The molecule has 20 heavy (non-hydrogen) atoms. The summed E-state index contributed by atoms with van der Waals surface area (Å²) in [4.78, 5) is 0. The van der Waals surface area contributed by atoms with E-state index in [1.54, 1.807) is 7.11 Å². The van der Waals surface area contributed by atoms with Crippen molar-refractivity contribution < 1.29 is 9.84 Å². The highest BCUT2D eigenvalue weighted by atomic mass is 16.5. The van der Waals surface area contributed by atoms with E-state index in [0.29, 0.717) is 12.5 Å². The summed E-state index contributed by atoms with van der Waals surface area (Å²) in [5.41, 5.74) is 3.21. The van der Waals surface area contributed by atoms with Crippen LogP contribution in [0.5, 0.6) is 5.75 Å². The third kappa shape index (κ3) is 1.88. The molecule has 0 saturated heterocycles. The fourth-order valence-corrected chi connectivity index (χ4v) is 4.89. The van der Waals surface area contributed by atoms with Gasteiger partial charge in [-0.15, -0.1) is 0 Å². The fourth-order valence-electron chi connectivity index (χ4n) is 4.89. The maximum absolute atomic E-state index is 9.93. The molecule has 110 valence electrons. The van der Waals surface area contributed by atoms with E-state index in [2.05, 4.69) is 32.0 Å². The van der Waals surface area contributed by atoms with E-state index in [1.807, 2.05) is 0 Å². The number of ether oxygens (including phenoxy) is 1. The first-order chi connectivity index (χ1) is 9.53. The second-order valence-corrected chi connectivity index (χ2v) is 7.20. The van der Waals surface area contributed by atoms with Crippen LogP contribution >= 0.6 is 0 Å². The molecule has 0 unspecified atom stereocenters. The van der Waals surface area contributed by atoms with Gasteiger partial charge in [-0.25, -0.2) is 0 Å². The lowest BCUT2D eigenvalue weighted by atomic mass is 9.50. The topological polar surface area (TPSA) is 29.5 Å². The Morgan fingerprint density at radius 3 is 2.80 bits per heavy atom. The number of fused-ring (bicyclic) bond motifs is 3. The second-order valence-electron chi connectivity index (χ2n) is 7.20. The second kappa shape index (κ2) is 4.77. The van der Waals surface area contributed by atoms with Crippen LogP contribution in [0.25, 0.3) is 0 Å². The molecule has 2 aliphatic rings. The molecular formula is C18H26O2. The van der Waals surface area contributed by atoms with Gasteiger partial charge in [-0.2, -0.15) is 0 Å². The van der Waals surface area contributed by atoms with Crippen molar-refractivity contribution in [2.45, 2.75) is 51.4 Å². The van der Waals surface area contributed by atoms with Gasteiger partial charge in [0.1, 0.15) is 5.75 Å². The molecule has 1 aromatic rings. The van der Waals surface area contributed by atoms with Crippen molar-refractivity contribution in [3.05, 3.63) is 29.3 Å². The van der Waals surface area contributed by atoms with E-state index < -0.39 is 0 Å². The van der Waals surface area contributed by atoms with Crippen molar-refractivity contribution in [3.8, 4) is 5.75 Å². The van der Waals surface area contributed by atoms with Gasteiger partial charge in [0.2, 0.25) is 0 Å². The minimum atomic E-state index is 0.0771. The van der Waals surface area contributed by atoms with Gasteiger partial charge in [0, 0.05) is 6.61 Å². The van der Waals surface area contributed by atoms with Crippen molar-refractivity contribution in [1.29, 1.82) is 0 Å². The van der Waals surface area contributed by atoms with E-state index in [4.69, 9.17) is 4.74 Å². The predicted octanol–water partition coefficient (Wildman–Crippen LogP) is 3.70. The molecule has 0 radical (unpaired) electrons. The Hall–Kier alpha value is -1.02. The van der Waals surface area contributed by atoms with Gasteiger partial charge in [0.05, 0.1) is 7.11 Å². The van der Waals surface area contributed by atoms with Crippen molar-refractivity contribution in [2.24, 2.45) is 11.3 Å². The number of rotatable bonds is 2. The molecule has 0 aliphatic heterocycles. The first-order valence-electron chi connectivity index (χ1n) is 7.82. The number of aliphatic hydroxyl groups excluding tert-OH is 1. The number of methoxy groups -OCH3 is 1. The van der Waals surface area contributed by atoms with Crippen LogP contribution in [0.1, 0.15) is 50.7 Å². The van der Waals surface area contributed by atoms with Gasteiger partial charge in [-0.1, -0.05) is 26.3 Å². The van der Waals surface area contributed by atoms with Crippen LogP contribution in [0.15, 0.2) is 18.2 Å². The third-order valence-electron chi connectivity index (χ3n) is 6.05. The van der Waals surface area contributed by atoms with Gasteiger partial charge in [-0.05, 0) is 65.7 Å². The minimum absolute atomic E-state index is 0.0771. The van der Waals surface area contributed by atoms with Gasteiger partial charge < -0.3 is 9.84 Å². The highest BCUT2D eigenvalue weighted by Gasteiger charge is 2.51. The molecule has 2 aliphatic carbocycles. The van der Waals surface area contributed by atoms with Crippen molar-refractivity contribution in [1.82, 2.24) is 0 Å². The average molecular weight is 274 g/mol. The molecule has 0 amide bonds. The number of hydrogen-bond donors (Lipinski definition) is 1. The zero-order valence-corrected chi connectivity index (χ0v) is 12.9. The molecule has 0 bridgehead atoms. The SMILES string of the molecule is COc1ccc2c(c1)[C@]1(C)CCC[C@@](C)(CO)[C@@H]1CC2. The zero-order chi connectivity index (χ0) is 14.4. The molecule has 1 aromatic carbocycles. The molecule has 1 N–H and O–H groups in total. The van der Waals surface area contributed by atoms with Gasteiger partial charge >= 0.3 is 0 Å². The number of hydrogen-bond acceptors (Lipinski definition) is 2. The fraction of sp³-hybridized carbons (Fsp3) is 0.667. The van der Waals surface area contributed by atoms with Crippen molar-refractivity contribution >= 4 is 0 Å². The van der Waals surface area contributed by atoms with Crippen LogP contribution in [0.2, 0.25) is 0 Å². The Balaban J connectivity index is 2.09. The van der Waals surface area contributed by atoms with Crippen molar-refractivity contribution in [3.63, 3.8) is 0 Å². The predicted molar refractivity (Wildman–Crippen MR) is 81.2 cm³/mol. The maximum atomic E-state index is 9.93. The molecule has 0 heterocycles. The molecule has 2 heteroatoms. The van der Waals surface area contributed by atoms with Gasteiger partial charge in [0.25, 0.3) is 0 Å². The van der Waals surface area contributed by atoms with Crippen LogP contribution in [0.4, 0.5) is 0 Å². The number of aryl methyl sites for hydroxylation is 1.